The van der Waals surface area contributed by atoms with E-state index in [9.17, 15) is 9.90 Å². The molecule has 4 nitrogen and oxygen atoms in total. The molecule has 0 amide bonds. The molecule has 0 atom stereocenters. The number of aromatic hydroxyl groups is 1. The van der Waals surface area contributed by atoms with Crippen LogP contribution < -0.4 is 11.2 Å². The molecule has 3 N–H and O–H groups in total. The zero-order chi connectivity index (χ0) is 17.1. The Bertz CT molecular complexity index is 1010. The Morgan fingerprint density at radius 1 is 0.917 bits per heavy atom. The number of hydrogen-bond acceptors (Lipinski definition) is 4. The molecule has 0 bridgehead atoms. The Labute approximate surface area is 139 Å². The number of hydrogen-bond donors (Lipinski definition) is 2. The summed E-state index contributed by atoms with van der Waals surface area (Å²) in [6.45, 7) is 0. The first-order chi connectivity index (χ1) is 11.7. The summed E-state index contributed by atoms with van der Waals surface area (Å²) in [5.41, 5.74) is 7.87. The molecule has 2 aromatic carbocycles. The lowest BCUT2D eigenvalue weighted by molar-refractivity contribution is 0.474. The van der Waals surface area contributed by atoms with Crippen LogP contribution >= 0.6 is 0 Å². The Morgan fingerprint density at radius 2 is 1.67 bits per heavy atom. The Hall–Kier alpha value is -3.11. The number of benzene rings is 3. The van der Waals surface area contributed by atoms with E-state index >= 15 is 0 Å². The molecule has 0 saturated heterocycles. The van der Waals surface area contributed by atoms with Gasteiger partial charge in [-0.25, -0.2) is 0 Å². The molecule has 1 aliphatic heterocycles. The summed E-state index contributed by atoms with van der Waals surface area (Å²) in [7, 11) is 1.50. The van der Waals surface area contributed by atoms with Crippen molar-refractivity contribution in [2.24, 2.45) is 5.73 Å². The van der Waals surface area contributed by atoms with Crippen molar-refractivity contribution in [3.05, 3.63) is 77.0 Å². The molecule has 2 aromatic rings. The van der Waals surface area contributed by atoms with Gasteiger partial charge in [-0.15, -0.1) is 0 Å². The van der Waals surface area contributed by atoms with Crippen LogP contribution in [0.3, 0.4) is 0 Å². The third kappa shape index (κ3) is 2.75. The fraction of sp³-hybridized carbons (Fsp3) is 0.0500. The van der Waals surface area contributed by atoms with Crippen LogP contribution in [0.15, 0.2) is 75.9 Å². The van der Waals surface area contributed by atoms with Crippen LogP contribution in [-0.2, 0) is 0 Å². The van der Waals surface area contributed by atoms with Gasteiger partial charge in [0.05, 0.1) is 0 Å². The molecule has 0 unspecified atom stereocenters. The van der Waals surface area contributed by atoms with Gasteiger partial charge in [-0.05, 0) is 36.9 Å². The second-order valence-corrected chi connectivity index (χ2v) is 5.18. The van der Waals surface area contributed by atoms with Gasteiger partial charge in [0.2, 0.25) is 0 Å². The van der Waals surface area contributed by atoms with Crippen LogP contribution in [-0.4, -0.2) is 12.2 Å². The fourth-order valence-corrected chi connectivity index (χ4v) is 2.78. The Kier molecular flexibility index (Phi) is 4.31. The lowest BCUT2D eigenvalue weighted by Crippen LogP contribution is -1.99. The number of phenolic OH excluding ortho intramolecular Hbond substituents is 1. The molecule has 0 fully saturated rings. The van der Waals surface area contributed by atoms with Crippen molar-refractivity contribution in [1.29, 1.82) is 0 Å². The largest absolute Gasteiger partial charge is 0.508 e. The molecular weight excluding hydrogens is 302 g/mol. The van der Waals surface area contributed by atoms with Crippen LogP contribution in [0.25, 0.3) is 33.4 Å². The fourth-order valence-electron chi connectivity index (χ4n) is 2.78. The summed E-state index contributed by atoms with van der Waals surface area (Å²) in [5, 5.41) is 10.6. The van der Waals surface area contributed by atoms with Crippen molar-refractivity contribution in [2.45, 2.75) is 0 Å². The van der Waals surface area contributed by atoms with Crippen LogP contribution in [0.4, 0.5) is 0 Å². The molecule has 0 radical (unpaired) electrons. The molecule has 24 heavy (non-hydrogen) atoms. The normalized spacial score (nSPS) is 10.4. The van der Waals surface area contributed by atoms with Gasteiger partial charge in [-0.1, -0.05) is 30.3 Å². The average Bonchev–Trinajstić information content (AvgIpc) is 2.62. The maximum absolute atomic E-state index is 11.6. The highest BCUT2D eigenvalue weighted by Gasteiger charge is 2.17. The van der Waals surface area contributed by atoms with E-state index in [1.807, 2.05) is 36.4 Å². The Balaban J connectivity index is 0.000000815. The second-order valence-electron chi connectivity index (χ2n) is 5.18. The van der Waals surface area contributed by atoms with Gasteiger partial charge >= 0.3 is 0 Å². The number of phenols is 1. The van der Waals surface area contributed by atoms with Gasteiger partial charge in [0.1, 0.15) is 17.1 Å². The highest BCUT2D eigenvalue weighted by Crippen LogP contribution is 2.40. The molecule has 4 heteroatoms. The van der Waals surface area contributed by atoms with Crippen molar-refractivity contribution in [2.75, 3.05) is 7.05 Å². The molecule has 1 aliphatic carbocycles. The van der Waals surface area contributed by atoms with E-state index in [-0.39, 0.29) is 11.2 Å². The first-order valence-corrected chi connectivity index (χ1v) is 7.55. The average molecular weight is 319 g/mol. The van der Waals surface area contributed by atoms with Crippen LogP contribution in [0.1, 0.15) is 0 Å². The van der Waals surface area contributed by atoms with Gasteiger partial charge in [-0.2, -0.15) is 0 Å². The van der Waals surface area contributed by atoms with E-state index < -0.39 is 0 Å². The van der Waals surface area contributed by atoms with E-state index in [2.05, 4.69) is 5.73 Å². The highest BCUT2D eigenvalue weighted by atomic mass is 16.3. The molecule has 1 heterocycles. The monoisotopic (exact) mass is 319 g/mol. The van der Waals surface area contributed by atoms with Crippen molar-refractivity contribution < 1.29 is 9.52 Å². The second kappa shape index (κ2) is 6.56. The van der Waals surface area contributed by atoms with Gasteiger partial charge in [-0.3, -0.25) is 4.79 Å². The lowest BCUT2D eigenvalue weighted by Gasteiger charge is -2.14. The smallest absolute Gasteiger partial charge is 0.182 e. The van der Waals surface area contributed by atoms with E-state index in [0.29, 0.717) is 11.3 Å². The van der Waals surface area contributed by atoms with Gasteiger partial charge < -0.3 is 15.3 Å². The predicted molar refractivity (Wildman–Crippen MR) is 96.3 cm³/mol. The zero-order valence-electron chi connectivity index (χ0n) is 13.2. The van der Waals surface area contributed by atoms with Crippen LogP contribution in [0, 0.1) is 0 Å². The standard InChI is InChI=1S/C19H12O3.CH5N/c20-13-6-8-15-17(10-13)22-18-11-14(21)7-9-16(18)19(15)12-4-2-1-3-5-12;1-2/h1-11,20H;2H2,1H3. The minimum absolute atomic E-state index is 0.102. The maximum atomic E-state index is 11.6. The first-order valence-electron chi connectivity index (χ1n) is 7.55. The topological polar surface area (TPSA) is 76.5 Å². The first kappa shape index (κ1) is 15.8. The van der Waals surface area contributed by atoms with Crippen molar-refractivity contribution in [3.8, 4) is 28.2 Å². The molecule has 4 rings (SSSR count). The molecular formula is C20H17NO3. The molecule has 0 aromatic heterocycles. The van der Waals surface area contributed by atoms with E-state index in [0.717, 1.165) is 22.1 Å². The van der Waals surface area contributed by atoms with Crippen molar-refractivity contribution in [1.82, 2.24) is 0 Å². The van der Waals surface area contributed by atoms with Crippen LogP contribution in [0.2, 0.25) is 0 Å². The number of rotatable bonds is 1. The number of fused-ring (bicyclic) bond motifs is 2. The summed E-state index contributed by atoms with van der Waals surface area (Å²) < 4.78 is 5.81. The summed E-state index contributed by atoms with van der Waals surface area (Å²) >= 11 is 0. The van der Waals surface area contributed by atoms with Crippen molar-refractivity contribution >= 4 is 11.0 Å². The SMILES string of the molecule is CN.O=c1ccc2c(-c3ccccc3)c3ccc(O)cc3oc-2c1. The summed E-state index contributed by atoms with van der Waals surface area (Å²) in [5.74, 6) is 0.650. The van der Waals surface area contributed by atoms with Gasteiger partial charge in [0.25, 0.3) is 0 Å². The molecule has 0 spiro atoms. The summed E-state index contributed by atoms with van der Waals surface area (Å²) in [6.07, 6.45) is 0. The highest BCUT2D eigenvalue weighted by molar-refractivity contribution is 6.02. The summed E-state index contributed by atoms with van der Waals surface area (Å²) in [6, 6.07) is 19.8. The quantitative estimate of drug-likeness (QED) is 0.523. The molecule has 120 valence electrons. The third-order valence-electron chi connectivity index (χ3n) is 3.74. The van der Waals surface area contributed by atoms with Crippen molar-refractivity contribution in [3.63, 3.8) is 0 Å². The zero-order valence-corrected chi connectivity index (χ0v) is 13.2. The molecule has 2 aliphatic rings. The predicted octanol–water partition coefficient (Wildman–Crippen LogP) is 3.85. The summed E-state index contributed by atoms with van der Waals surface area (Å²) in [4.78, 5) is 11.6. The Morgan fingerprint density at radius 3 is 2.42 bits per heavy atom. The minimum atomic E-state index is -0.102. The van der Waals surface area contributed by atoms with E-state index in [1.165, 1.54) is 19.2 Å². The number of nitrogens with two attached hydrogens (primary N) is 1. The van der Waals surface area contributed by atoms with Gasteiger partial charge in [0, 0.05) is 28.6 Å². The third-order valence-corrected chi connectivity index (χ3v) is 3.74. The lowest BCUT2D eigenvalue weighted by atomic mass is 9.94. The van der Waals surface area contributed by atoms with Crippen LogP contribution in [0.5, 0.6) is 5.75 Å². The van der Waals surface area contributed by atoms with E-state index in [1.54, 1.807) is 18.2 Å². The minimum Gasteiger partial charge on any atom is -0.508 e. The molecule has 0 saturated carbocycles. The van der Waals surface area contributed by atoms with E-state index in [4.69, 9.17) is 4.42 Å². The van der Waals surface area contributed by atoms with Gasteiger partial charge in [0.15, 0.2) is 5.43 Å². The maximum Gasteiger partial charge on any atom is 0.182 e.